The van der Waals surface area contributed by atoms with E-state index in [1.807, 2.05) is 20.8 Å². The van der Waals surface area contributed by atoms with Crippen LogP contribution in [0.15, 0.2) is 6.20 Å². The Morgan fingerprint density at radius 3 is 2.56 bits per heavy atom. The van der Waals surface area contributed by atoms with Crippen molar-refractivity contribution in [2.45, 2.75) is 27.2 Å². The van der Waals surface area contributed by atoms with E-state index in [0.717, 1.165) is 20.6 Å². The molecule has 0 saturated carbocycles. The predicted molar refractivity (Wildman–Crippen MR) is 66.5 cm³/mol. The van der Waals surface area contributed by atoms with Crippen LogP contribution >= 0.6 is 22.7 Å². The number of carbonyl (C=O) groups is 1. The number of rotatable bonds is 3. The first-order valence-electron chi connectivity index (χ1n) is 4.95. The summed E-state index contributed by atoms with van der Waals surface area (Å²) in [6, 6.07) is 0. The van der Waals surface area contributed by atoms with Gasteiger partial charge < -0.3 is 0 Å². The first kappa shape index (κ1) is 11.4. The van der Waals surface area contributed by atoms with Crippen LogP contribution in [-0.4, -0.2) is 15.8 Å². The highest BCUT2D eigenvalue weighted by Gasteiger charge is 2.13. The molecule has 0 amide bonds. The predicted octanol–water partition coefficient (Wildman–Crippen LogP) is 2.95. The van der Waals surface area contributed by atoms with Crippen LogP contribution in [-0.2, 0) is 6.42 Å². The van der Waals surface area contributed by atoms with E-state index < -0.39 is 0 Å². The smallest absolute Gasteiger partial charge is 0.181 e. The summed E-state index contributed by atoms with van der Waals surface area (Å²) >= 11 is 3.04. The number of ketones is 1. The van der Waals surface area contributed by atoms with Gasteiger partial charge in [0.25, 0.3) is 0 Å². The molecule has 2 aromatic heterocycles. The summed E-state index contributed by atoms with van der Waals surface area (Å²) in [5, 5.41) is 1.82. The number of hydrogen-bond donors (Lipinski definition) is 0. The maximum atomic E-state index is 11.9. The molecule has 0 aromatic carbocycles. The molecule has 3 nitrogen and oxygen atoms in total. The standard InChI is InChI=1S/C11H12N2OS2/c1-6-7(2)15-11(13-6)4-9(14)10-5-12-8(3)16-10/h5H,4H2,1-3H3. The van der Waals surface area contributed by atoms with E-state index in [2.05, 4.69) is 9.97 Å². The van der Waals surface area contributed by atoms with E-state index >= 15 is 0 Å². The highest BCUT2D eigenvalue weighted by atomic mass is 32.1. The fourth-order valence-corrected chi connectivity index (χ4v) is 2.98. The van der Waals surface area contributed by atoms with Crippen molar-refractivity contribution >= 4 is 28.5 Å². The van der Waals surface area contributed by atoms with Crippen molar-refractivity contribution in [1.82, 2.24) is 9.97 Å². The van der Waals surface area contributed by atoms with Gasteiger partial charge in [0, 0.05) is 11.1 Å². The third-order valence-corrected chi connectivity index (χ3v) is 4.31. The summed E-state index contributed by atoms with van der Waals surface area (Å²) in [7, 11) is 0. The quantitative estimate of drug-likeness (QED) is 0.789. The highest BCUT2D eigenvalue weighted by Crippen LogP contribution is 2.20. The average molecular weight is 252 g/mol. The molecule has 0 spiro atoms. The van der Waals surface area contributed by atoms with Gasteiger partial charge in [0.2, 0.25) is 0 Å². The monoisotopic (exact) mass is 252 g/mol. The molecule has 0 atom stereocenters. The Balaban J connectivity index is 2.13. The lowest BCUT2D eigenvalue weighted by Gasteiger charge is -1.92. The van der Waals surface area contributed by atoms with Gasteiger partial charge in [0.05, 0.1) is 22.0 Å². The van der Waals surface area contributed by atoms with Crippen LogP contribution in [0.1, 0.15) is 30.3 Å². The Morgan fingerprint density at radius 1 is 1.31 bits per heavy atom. The van der Waals surface area contributed by atoms with Crippen LogP contribution < -0.4 is 0 Å². The summed E-state index contributed by atoms with van der Waals surface area (Å²) in [6.45, 7) is 5.90. The summed E-state index contributed by atoms with van der Waals surface area (Å²) in [5.74, 6) is 0.111. The molecule has 0 unspecified atom stereocenters. The minimum atomic E-state index is 0.111. The molecule has 0 aliphatic heterocycles. The van der Waals surface area contributed by atoms with Gasteiger partial charge in [-0.1, -0.05) is 0 Å². The topological polar surface area (TPSA) is 42.9 Å². The molecule has 0 fully saturated rings. The lowest BCUT2D eigenvalue weighted by atomic mass is 10.2. The molecule has 0 aliphatic carbocycles. The molecular formula is C11H12N2OS2. The number of thiazole rings is 2. The zero-order chi connectivity index (χ0) is 11.7. The Hall–Kier alpha value is -1.07. The lowest BCUT2D eigenvalue weighted by molar-refractivity contribution is 0.0996. The van der Waals surface area contributed by atoms with Gasteiger partial charge in [0.1, 0.15) is 5.01 Å². The van der Waals surface area contributed by atoms with E-state index in [0.29, 0.717) is 6.42 Å². The summed E-state index contributed by atoms with van der Waals surface area (Å²) < 4.78 is 0. The maximum absolute atomic E-state index is 11.9. The average Bonchev–Trinajstić information content (AvgIpc) is 2.75. The van der Waals surface area contributed by atoms with E-state index in [-0.39, 0.29) is 5.78 Å². The zero-order valence-electron chi connectivity index (χ0n) is 9.40. The van der Waals surface area contributed by atoms with Crippen molar-refractivity contribution in [3.63, 3.8) is 0 Å². The molecule has 0 bridgehead atoms. The summed E-state index contributed by atoms with van der Waals surface area (Å²) in [4.78, 5) is 22.2. The first-order chi connectivity index (χ1) is 7.56. The van der Waals surface area contributed by atoms with Crippen molar-refractivity contribution in [2.75, 3.05) is 0 Å². The van der Waals surface area contributed by atoms with E-state index in [9.17, 15) is 4.79 Å². The van der Waals surface area contributed by atoms with E-state index in [1.165, 1.54) is 16.2 Å². The Kier molecular flexibility index (Phi) is 3.16. The number of Topliss-reactive ketones (excluding diaryl/α,β-unsaturated/α-hetero) is 1. The fourth-order valence-electron chi connectivity index (χ4n) is 1.33. The van der Waals surface area contributed by atoms with Crippen LogP contribution in [0.5, 0.6) is 0 Å². The van der Waals surface area contributed by atoms with Gasteiger partial charge in [0.15, 0.2) is 5.78 Å². The molecule has 84 valence electrons. The highest BCUT2D eigenvalue weighted by molar-refractivity contribution is 7.14. The van der Waals surface area contributed by atoms with Crippen LogP contribution in [0, 0.1) is 20.8 Å². The molecule has 0 saturated heterocycles. The SMILES string of the molecule is Cc1ncc(C(=O)Cc2nc(C)c(C)s2)s1. The molecule has 0 N–H and O–H groups in total. The van der Waals surface area contributed by atoms with Crippen LogP contribution in [0.4, 0.5) is 0 Å². The first-order valence-corrected chi connectivity index (χ1v) is 6.58. The molecule has 16 heavy (non-hydrogen) atoms. The van der Waals surface area contributed by atoms with Gasteiger partial charge in [-0.15, -0.1) is 22.7 Å². The second-order valence-electron chi connectivity index (χ2n) is 3.59. The molecule has 0 aliphatic rings. The lowest BCUT2D eigenvalue weighted by Crippen LogP contribution is -2.00. The Morgan fingerprint density at radius 2 is 2.06 bits per heavy atom. The fraction of sp³-hybridized carbons (Fsp3) is 0.364. The molecule has 5 heteroatoms. The second-order valence-corrected chi connectivity index (χ2v) is 6.12. The minimum absolute atomic E-state index is 0.111. The zero-order valence-corrected chi connectivity index (χ0v) is 11.0. The molecular weight excluding hydrogens is 240 g/mol. The number of aromatic nitrogens is 2. The second kappa shape index (κ2) is 4.43. The number of aryl methyl sites for hydroxylation is 3. The third-order valence-electron chi connectivity index (χ3n) is 2.28. The minimum Gasteiger partial charge on any atom is -0.293 e. The van der Waals surface area contributed by atoms with Gasteiger partial charge in [-0.25, -0.2) is 9.97 Å². The van der Waals surface area contributed by atoms with E-state index in [4.69, 9.17) is 0 Å². The molecule has 2 aromatic rings. The normalized spacial score (nSPS) is 10.7. The van der Waals surface area contributed by atoms with Crippen LogP contribution in [0.25, 0.3) is 0 Å². The number of nitrogens with zero attached hydrogens (tertiary/aromatic N) is 2. The van der Waals surface area contributed by atoms with Crippen molar-refractivity contribution in [1.29, 1.82) is 0 Å². The molecule has 0 radical (unpaired) electrons. The third kappa shape index (κ3) is 2.36. The van der Waals surface area contributed by atoms with Crippen molar-refractivity contribution in [3.8, 4) is 0 Å². The van der Waals surface area contributed by atoms with Crippen LogP contribution in [0.2, 0.25) is 0 Å². The van der Waals surface area contributed by atoms with E-state index in [1.54, 1.807) is 17.5 Å². The number of carbonyl (C=O) groups excluding carboxylic acids is 1. The summed E-state index contributed by atoms with van der Waals surface area (Å²) in [5.41, 5.74) is 1.02. The van der Waals surface area contributed by atoms with Crippen molar-refractivity contribution in [2.24, 2.45) is 0 Å². The molecule has 2 heterocycles. The van der Waals surface area contributed by atoms with Gasteiger partial charge >= 0.3 is 0 Å². The van der Waals surface area contributed by atoms with Gasteiger partial charge in [-0.3, -0.25) is 4.79 Å². The molecule has 2 rings (SSSR count). The van der Waals surface area contributed by atoms with Crippen LogP contribution in [0.3, 0.4) is 0 Å². The van der Waals surface area contributed by atoms with Crippen molar-refractivity contribution < 1.29 is 4.79 Å². The van der Waals surface area contributed by atoms with Gasteiger partial charge in [-0.05, 0) is 20.8 Å². The Labute approximate surface area is 102 Å². The number of hydrogen-bond acceptors (Lipinski definition) is 5. The largest absolute Gasteiger partial charge is 0.293 e. The van der Waals surface area contributed by atoms with Crippen molar-refractivity contribution in [3.05, 3.63) is 31.7 Å². The summed E-state index contributed by atoms with van der Waals surface area (Å²) in [6.07, 6.45) is 2.04. The maximum Gasteiger partial charge on any atom is 0.181 e. The van der Waals surface area contributed by atoms with Gasteiger partial charge in [-0.2, -0.15) is 0 Å². The Bertz CT molecular complexity index is 508.